The van der Waals surface area contributed by atoms with E-state index in [1.165, 1.54) is 37.3 Å². The third kappa shape index (κ3) is 3.88. The Kier molecular flexibility index (Phi) is 4.73. The molecule has 0 spiro atoms. The van der Waals surface area contributed by atoms with Crippen LogP contribution in [0, 0.1) is 12.7 Å². The minimum absolute atomic E-state index is 0.131. The Bertz CT molecular complexity index is 723. The van der Waals surface area contributed by atoms with E-state index in [1.807, 2.05) is 0 Å². The van der Waals surface area contributed by atoms with Gasteiger partial charge in [0, 0.05) is 0 Å². The van der Waals surface area contributed by atoms with E-state index in [0.717, 1.165) is 12.1 Å². The molecular formula is C17H14F4O2. The van der Waals surface area contributed by atoms with Crippen molar-refractivity contribution in [2.45, 2.75) is 25.4 Å². The van der Waals surface area contributed by atoms with E-state index in [4.69, 9.17) is 0 Å². The standard InChI is InChI=1S/C17H14F4O2/c1-10-6-7-11(9-15(10)18)13(16(22)23)8-12-4-2-3-5-14(12)17(19,20)21/h2-7,9,13H,8H2,1H3,(H,22,23). The normalized spacial score (nSPS) is 12.9. The molecule has 23 heavy (non-hydrogen) atoms. The van der Waals surface area contributed by atoms with Crippen LogP contribution in [0.15, 0.2) is 42.5 Å². The molecule has 1 N–H and O–H groups in total. The number of carbonyl (C=O) groups is 1. The van der Waals surface area contributed by atoms with Gasteiger partial charge in [-0.15, -0.1) is 0 Å². The van der Waals surface area contributed by atoms with Crippen LogP contribution in [0.5, 0.6) is 0 Å². The zero-order valence-electron chi connectivity index (χ0n) is 12.2. The summed E-state index contributed by atoms with van der Waals surface area (Å²) in [6, 6.07) is 8.70. The maximum Gasteiger partial charge on any atom is 0.416 e. The molecule has 0 aliphatic rings. The van der Waals surface area contributed by atoms with Crippen LogP contribution in [0.1, 0.15) is 28.2 Å². The van der Waals surface area contributed by atoms with Gasteiger partial charge >= 0.3 is 12.1 Å². The molecule has 0 aliphatic carbocycles. The number of alkyl halides is 3. The summed E-state index contributed by atoms with van der Waals surface area (Å²) < 4.78 is 52.7. The van der Waals surface area contributed by atoms with Crippen molar-refractivity contribution >= 4 is 5.97 Å². The molecule has 1 atom stereocenters. The first kappa shape index (κ1) is 17.0. The van der Waals surface area contributed by atoms with Crippen LogP contribution in [-0.4, -0.2) is 11.1 Å². The lowest BCUT2D eigenvalue weighted by atomic mass is 9.89. The van der Waals surface area contributed by atoms with Crippen molar-refractivity contribution in [1.82, 2.24) is 0 Å². The van der Waals surface area contributed by atoms with Crippen molar-refractivity contribution in [3.05, 3.63) is 70.5 Å². The highest BCUT2D eigenvalue weighted by molar-refractivity contribution is 5.76. The van der Waals surface area contributed by atoms with E-state index in [2.05, 4.69) is 0 Å². The van der Waals surface area contributed by atoms with Crippen LogP contribution in [-0.2, 0) is 17.4 Å². The lowest BCUT2D eigenvalue weighted by Crippen LogP contribution is -2.18. The Hall–Kier alpha value is -2.37. The van der Waals surface area contributed by atoms with Crippen LogP contribution in [0.25, 0.3) is 0 Å². The SMILES string of the molecule is Cc1ccc(C(Cc2ccccc2C(F)(F)F)C(=O)O)cc1F. The quantitative estimate of drug-likeness (QED) is 0.836. The Balaban J connectivity index is 2.42. The smallest absolute Gasteiger partial charge is 0.416 e. The third-order valence-corrected chi connectivity index (χ3v) is 3.64. The molecule has 0 aliphatic heterocycles. The second-order valence-electron chi connectivity index (χ2n) is 5.26. The highest BCUT2D eigenvalue weighted by atomic mass is 19.4. The van der Waals surface area contributed by atoms with Crippen molar-refractivity contribution in [2.24, 2.45) is 0 Å². The largest absolute Gasteiger partial charge is 0.481 e. The lowest BCUT2D eigenvalue weighted by molar-refractivity contribution is -0.141. The summed E-state index contributed by atoms with van der Waals surface area (Å²) in [5, 5.41) is 9.34. The summed E-state index contributed by atoms with van der Waals surface area (Å²) in [5.41, 5.74) is -0.529. The molecule has 1 unspecified atom stereocenters. The maximum absolute atomic E-state index is 13.6. The fourth-order valence-electron chi connectivity index (χ4n) is 2.37. The molecule has 0 saturated heterocycles. The lowest BCUT2D eigenvalue weighted by Gasteiger charge is -2.17. The van der Waals surface area contributed by atoms with Crippen molar-refractivity contribution in [2.75, 3.05) is 0 Å². The number of hydrogen-bond donors (Lipinski definition) is 1. The number of hydrogen-bond acceptors (Lipinski definition) is 1. The summed E-state index contributed by atoms with van der Waals surface area (Å²) in [7, 11) is 0. The molecule has 0 heterocycles. The second kappa shape index (κ2) is 6.40. The molecule has 0 saturated carbocycles. The monoisotopic (exact) mass is 326 g/mol. The van der Waals surface area contributed by atoms with Gasteiger partial charge in [0.2, 0.25) is 0 Å². The minimum atomic E-state index is -4.57. The summed E-state index contributed by atoms with van der Waals surface area (Å²) >= 11 is 0. The summed E-state index contributed by atoms with van der Waals surface area (Å²) in [4.78, 5) is 11.5. The highest BCUT2D eigenvalue weighted by Crippen LogP contribution is 2.34. The van der Waals surface area contributed by atoms with E-state index in [9.17, 15) is 27.5 Å². The van der Waals surface area contributed by atoms with Gasteiger partial charge in [-0.2, -0.15) is 13.2 Å². The molecular weight excluding hydrogens is 312 g/mol. The fraction of sp³-hybridized carbons (Fsp3) is 0.235. The average Bonchev–Trinajstić information content (AvgIpc) is 2.47. The van der Waals surface area contributed by atoms with Crippen LogP contribution in [0.2, 0.25) is 0 Å². The molecule has 0 amide bonds. The van der Waals surface area contributed by atoms with Gasteiger partial charge in [-0.25, -0.2) is 4.39 Å². The summed E-state index contributed by atoms with van der Waals surface area (Å²) in [6.45, 7) is 1.52. The topological polar surface area (TPSA) is 37.3 Å². The molecule has 122 valence electrons. The fourth-order valence-corrected chi connectivity index (χ4v) is 2.37. The number of carboxylic acids is 1. The van der Waals surface area contributed by atoms with Gasteiger partial charge < -0.3 is 5.11 Å². The van der Waals surface area contributed by atoms with E-state index in [-0.39, 0.29) is 17.5 Å². The Morgan fingerprint density at radius 1 is 1.17 bits per heavy atom. The van der Waals surface area contributed by atoms with Crippen LogP contribution in [0.3, 0.4) is 0 Å². The molecule has 2 aromatic rings. The minimum Gasteiger partial charge on any atom is -0.481 e. The number of halogens is 4. The molecule has 0 fully saturated rings. The number of aliphatic carboxylic acids is 1. The van der Waals surface area contributed by atoms with E-state index < -0.39 is 29.4 Å². The van der Waals surface area contributed by atoms with Crippen molar-refractivity contribution in [1.29, 1.82) is 0 Å². The zero-order valence-corrected chi connectivity index (χ0v) is 12.2. The van der Waals surface area contributed by atoms with Gasteiger partial charge in [-0.1, -0.05) is 30.3 Å². The first-order valence-corrected chi connectivity index (χ1v) is 6.84. The van der Waals surface area contributed by atoms with Gasteiger partial charge in [-0.3, -0.25) is 4.79 Å². The summed E-state index contributed by atoms with van der Waals surface area (Å²) in [5.74, 6) is -3.14. The van der Waals surface area contributed by atoms with Crippen LogP contribution in [0.4, 0.5) is 17.6 Å². The van der Waals surface area contributed by atoms with Gasteiger partial charge in [0.25, 0.3) is 0 Å². The van der Waals surface area contributed by atoms with Crippen molar-refractivity contribution in [3.63, 3.8) is 0 Å². The number of rotatable bonds is 4. The van der Waals surface area contributed by atoms with Crippen molar-refractivity contribution < 1.29 is 27.5 Å². The first-order valence-electron chi connectivity index (χ1n) is 6.84. The Morgan fingerprint density at radius 3 is 2.39 bits per heavy atom. The molecule has 2 nitrogen and oxygen atoms in total. The molecule has 0 radical (unpaired) electrons. The van der Waals surface area contributed by atoms with Gasteiger partial charge in [0.15, 0.2) is 0 Å². The van der Waals surface area contributed by atoms with E-state index in [0.29, 0.717) is 5.56 Å². The van der Waals surface area contributed by atoms with Crippen molar-refractivity contribution in [3.8, 4) is 0 Å². The number of aryl methyl sites for hydroxylation is 1. The predicted octanol–water partition coefficient (Wildman–Crippen LogP) is 4.56. The Morgan fingerprint density at radius 2 is 1.83 bits per heavy atom. The van der Waals surface area contributed by atoms with Crippen LogP contribution >= 0.6 is 0 Å². The zero-order chi connectivity index (χ0) is 17.2. The first-order chi connectivity index (χ1) is 10.7. The van der Waals surface area contributed by atoms with Gasteiger partial charge in [0.05, 0.1) is 11.5 Å². The predicted molar refractivity (Wildman–Crippen MR) is 76.7 cm³/mol. The molecule has 6 heteroatoms. The van der Waals surface area contributed by atoms with Gasteiger partial charge in [-0.05, 0) is 42.2 Å². The number of carboxylic acid groups (broad SMARTS) is 1. The molecule has 2 rings (SSSR count). The van der Waals surface area contributed by atoms with Gasteiger partial charge in [0.1, 0.15) is 5.82 Å². The average molecular weight is 326 g/mol. The number of benzene rings is 2. The second-order valence-corrected chi connectivity index (χ2v) is 5.26. The highest BCUT2D eigenvalue weighted by Gasteiger charge is 2.34. The van der Waals surface area contributed by atoms with E-state index in [1.54, 1.807) is 0 Å². The van der Waals surface area contributed by atoms with E-state index >= 15 is 0 Å². The maximum atomic E-state index is 13.6. The molecule has 0 aromatic heterocycles. The molecule has 0 bridgehead atoms. The summed E-state index contributed by atoms with van der Waals surface area (Å²) in [6.07, 6.45) is -4.94. The Labute approximate surface area is 130 Å². The van der Waals surface area contributed by atoms with Crippen LogP contribution < -0.4 is 0 Å². The molecule has 2 aromatic carbocycles. The third-order valence-electron chi connectivity index (χ3n) is 3.64.